The molecule has 5 heterocycles. The summed E-state index contributed by atoms with van der Waals surface area (Å²) in [6.45, 7) is 0.554. The predicted octanol–water partition coefficient (Wildman–Crippen LogP) is -2.42. The number of hydrogen-bond donors (Lipinski definition) is 8. The number of aliphatic hydroxyl groups is 2. The molecule has 0 bridgehead atoms. The van der Waals surface area contributed by atoms with E-state index in [1.807, 2.05) is 0 Å². The van der Waals surface area contributed by atoms with E-state index in [1.165, 1.54) is 4.90 Å². The third kappa shape index (κ3) is 3.75. The average molecular weight is 543 g/mol. The van der Waals surface area contributed by atoms with Gasteiger partial charge in [-0.05, 0) is 25.0 Å². The van der Waals surface area contributed by atoms with Crippen LogP contribution >= 0.6 is 0 Å². The van der Waals surface area contributed by atoms with E-state index in [1.54, 1.807) is 18.2 Å². The summed E-state index contributed by atoms with van der Waals surface area (Å²) in [6.07, 6.45) is 1.74. The number of likely N-dealkylation sites (tertiary alicyclic amines) is 1. The van der Waals surface area contributed by atoms with E-state index >= 15 is 0 Å². The van der Waals surface area contributed by atoms with Gasteiger partial charge in [0.25, 0.3) is 5.91 Å². The lowest BCUT2D eigenvalue weighted by molar-refractivity contribution is -0.232. The van der Waals surface area contributed by atoms with Crippen LogP contribution in [0.2, 0.25) is 0 Å². The number of nitrogens with one attached hydrogen (secondary N) is 6. The fourth-order valence-electron chi connectivity index (χ4n) is 6.11. The Morgan fingerprint density at radius 1 is 1.10 bits per heavy atom. The number of hydrogen-bond acceptors (Lipinski definition) is 9. The molecular weight excluding hydrogens is 512 g/mol. The van der Waals surface area contributed by atoms with E-state index in [0.717, 1.165) is 17.7 Å². The Labute approximate surface area is 222 Å². The molecule has 4 atom stereocenters. The zero-order chi connectivity index (χ0) is 27.5. The molecule has 0 aromatic heterocycles. The van der Waals surface area contributed by atoms with Gasteiger partial charge < -0.3 is 45.9 Å². The van der Waals surface area contributed by atoms with Crippen LogP contribution in [0.3, 0.4) is 0 Å². The molecule has 2 unspecified atom stereocenters. The molecule has 5 aliphatic heterocycles. The standard InChI is InChI=1S/C24H30N8O7/c25-21-29-19-13(10-31-16(33)6-7-17(31)34)27-22(26)32-11-15(24(36,37)23(19,32)30-21)28-20(35)12-4-3-5-14-18(12)39-9-2-1-8-38-14/h3-5,13,15,19,36-37H,1-2,6-11H2,(H2,26,27)(H,28,35)(H3,25,29,30)/t13-,15?,19-,23?/m0/s1. The van der Waals surface area contributed by atoms with Crippen molar-refractivity contribution in [3.63, 3.8) is 0 Å². The molecule has 4 saturated heterocycles. The molecule has 4 fully saturated rings. The van der Waals surface area contributed by atoms with Crippen LogP contribution in [-0.2, 0) is 9.59 Å². The molecule has 1 aromatic rings. The number of amides is 3. The van der Waals surface area contributed by atoms with Gasteiger partial charge >= 0.3 is 0 Å². The third-order valence-electron chi connectivity index (χ3n) is 8.00. The number of benzene rings is 1. The van der Waals surface area contributed by atoms with Crippen LogP contribution in [0.25, 0.3) is 0 Å². The highest BCUT2D eigenvalue weighted by atomic mass is 16.5. The van der Waals surface area contributed by atoms with Crippen molar-refractivity contribution in [3.05, 3.63) is 23.8 Å². The topological polar surface area (TPSA) is 212 Å². The molecule has 15 heteroatoms. The van der Waals surface area contributed by atoms with Gasteiger partial charge in [-0.15, -0.1) is 0 Å². The largest absolute Gasteiger partial charge is 0.490 e. The Morgan fingerprint density at radius 2 is 1.82 bits per heavy atom. The molecule has 5 aliphatic rings. The van der Waals surface area contributed by atoms with Gasteiger partial charge in [0.1, 0.15) is 6.04 Å². The molecule has 1 aromatic carbocycles. The normalized spacial score (nSPS) is 31.0. The van der Waals surface area contributed by atoms with Crippen LogP contribution < -0.4 is 30.7 Å². The van der Waals surface area contributed by atoms with E-state index < -0.39 is 35.5 Å². The SMILES string of the molecule is N=C1N[C@H]2[C@H](CN3C(=O)CCC3=O)NC(=N)N3CC(NC(=O)c4cccc5c4OCCCCO5)C(O)(O)C23N1. The fraction of sp³-hybridized carbons (Fsp3) is 0.542. The summed E-state index contributed by atoms with van der Waals surface area (Å²) in [5.74, 6) is -3.82. The lowest BCUT2D eigenvalue weighted by Crippen LogP contribution is -2.81. The van der Waals surface area contributed by atoms with E-state index in [-0.39, 0.29) is 61.0 Å². The first kappa shape index (κ1) is 25.2. The molecule has 3 amide bonds. The summed E-state index contributed by atoms with van der Waals surface area (Å²) in [4.78, 5) is 40.4. The summed E-state index contributed by atoms with van der Waals surface area (Å²) >= 11 is 0. The Balaban J connectivity index is 1.29. The van der Waals surface area contributed by atoms with Crippen LogP contribution in [0.15, 0.2) is 18.2 Å². The summed E-state index contributed by atoms with van der Waals surface area (Å²) in [7, 11) is 0. The molecule has 1 spiro atoms. The summed E-state index contributed by atoms with van der Waals surface area (Å²) < 4.78 is 11.5. The third-order valence-corrected chi connectivity index (χ3v) is 8.00. The van der Waals surface area contributed by atoms with Gasteiger partial charge in [-0.25, -0.2) is 0 Å². The van der Waals surface area contributed by atoms with Gasteiger partial charge in [-0.3, -0.25) is 30.1 Å². The van der Waals surface area contributed by atoms with Crippen LogP contribution in [0, 0.1) is 10.8 Å². The van der Waals surface area contributed by atoms with E-state index in [0.29, 0.717) is 19.0 Å². The smallest absolute Gasteiger partial charge is 0.255 e. The molecule has 0 saturated carbocycles. The van der Waals surface area contributed by atoms with Crippen molar-refractivity contribution in [1.82, 2.24) is 31.1 Å². The van der Waals surface area contributed by atoms with Crippen molar-refractivity contribution >= 4 is 29.6 Å². The number of fused-ring (bicyclic) bond motifs is 1. The molecule has 208 valence electrons. The molecule has 39 heavy (non-hydrogen) atoms. The summed E-state index contributed by atoms with van der Waals surface area (Å²) in [5, 5.41) is 51.3. The van der Waals surface area contributed by atoms with Crippen LogP contribution in [0.4, 0.5) is 0 Å². The van der Waals surface area contributed by atoms with Gasteiger partial charge in [0.05, 0.1) is 37.4 Å². The number of imide groups is 1. The minimum Gasteiger partial charge on any atom is -0.490 e. The number of para-hydroxylation sites is 1. The van der Waals surface area contributed by atoms with Crippen LogP contribution in [0.1, 0.15) is 36.0 Å². The number of rotatable bonds is 4. The monoisotopic (exact) mass is 542 g/mol. The number of carbonyl (C=O) groups is 3. The Hall–Kier alpha value is -4.11. The molecule has 15 nitrogen and oxygen atoms in total. The first-order chi connectivity index (χ1) is 18.6. The van der Waals surface area contributed by atoms with Gasteiger partial charge in [0, 0.05) is 19.4 Å². The molecule has 6 rings (SSSR count). The van der Waals surface area contributed by atoms with Crippen LogP contribution in [0.5, 0.6) is 11.5 Å². The minimum absolute atomic E-state index is 0.0857. The molecule has 0 radical (unpaired) electrons. The number of nitrogens with zero attached hydrogens (tertiary/aromatic N) is 2. The highest BCUT2D eigenvalue weighted by Gasteiger charge is 2.74. The van der Waals surface area contributed by atoms with E-state index in [4.69, 9.17) is 20.3 Å². The van der Waals surface area contributed by atoms with Crippen molar-refractivity contribution in [2.24, 2.45) is 0 Å². The van der Waals surface area contributed by atoms with Crippen LogP contribution in [-0.4, -0.2) is 106 Å². The highest BCUT2D eigenvalue weighted by molar-refractivity contribution is 6.02. The Morgan fingerprint density at radius 3 is 2.56 bits per heavy atom. The quantitative estimate of drug-likeness (QED) is 0.148. The number of guanidine groups is 2. The first-order valence-electron chi connectivity index (χ1n) is 12.9. The number of ether oxygens (including phenoxy) is 2. The first-order valence-corrected chi connectivity index (χ1v) is 12.9. The second kappa shape index (κ2) is 8.98. The summed E-state index contributed by atoms with van der Waals surface area (Å²) in [5.41, 5.74) is -1.70. The van der Waals surface area contributed by atoms with Gasteiger partial charge in [0.2, 0.25) is 17.6 Å². The van der Waals surface area contributed by atoms with E-state index in [9.17, 15) is 24.6 Å². The lowest BCUT2D eigenvalue weighted by Gasteiger charge is -2.51. The van der Waals surface area contributed by atoms with Gasteiger partial charge in [-0.1, -0.05) is 6.07 Å². The van der Waals surface area contributed by atoms with Gasteiger partial charge in [-0.2, -0.15) is 0 Å². The van der Waals surface area contributed by atoms with Crippen molar-refractivity contribution in [2.45, 2.75) is 55.3 Å². The maximum atomic E-state index is 13.4. The molecule has 8 N–H and O–H groups in total. The lowest BCUT2D eigenvalue weighted by atomic mass is 9.84. The zero-order valence-corrected chi connectivity index (χ0v) is 21.0. The maximum Gasteiger partial charge on any atom is 0.255 e. The zero-order valence-electron chi connectivity index (χ0n) is 21.0. The number of carbonyl (C=O) groups excluding carboxylic acids is 3. The Bertz CT molecular complexity index is 1250. The molecule has 0 aliphatic carbocycles. The second-order valence-electron chi connectivity index (χ2n) is 10.3. The maximum absolute atomic E-state index is 13.4. The Kier molecular flexibility index (Phi) is 5.80. The van der Waals surface area contributed by atoms with Crippen molar-refractivity contribution in [3.8, 4) is 11.5 Å². The van der Waals surface area contributed by atoms with Crippen molar-refractivity contribution in [2.75, 3.05) is 26.3 Å². The average Bonchev–Trinajstić information content (AvgIpc) is 3.47. The fourth-order valence-corrected chi connectivity index (χ4v) is 6.11. The van der Waals surface area contributed by atoms with E-state index in [2.05, 4.69) is 21.3 Å². The van der Waals surface area contributed by atoms with Gasteiger partial charge in [0.15, 0.2) is 29.1 Å². The summed E-state index contributed by atoms with van der Waals surface area (Å²) in [6, 6.07) is 1.78. The second-order valence-corrected chi connectivity index (χ2v) is 10.3. The molecular formula is C24H30N8O7. The minimum atomic E-state index is -2.70. The van der Waals surface area contributed by atoms with Crippen molar-refractivity contribution < 1.29 is 34.1 Å². The van der Waals surface area contributed by atoms with Crippen molar-refractivity contribution in [1.29, 1.82) is 10.8 Å². The highest BCUT2D eigenvalue weighted by Crippen LogP contribution is 2.43. The predicted molar refractivity (Wildman–Crippen MR) is 133 cm³/mol.